The second-order valence-electron chi connectivity index (χ2n) is 6.24. The second-order valence-corrected chi connectivity index (χ2v) is 7.30. The van der Waals surface area contributed by atoms with Crippen LogP contribution >= 0.6 is 11.8 Å². The highest BCUT2D eigenvalue weighted by atomic mass is 32.2. The average molecular weight is 295 g/mol. The van der Waals surface area contributed by atoms with E-state index < -0.39 is 0 Å². The van der Waals surface area contributed by atoms with Crippen LogP contribution < -0.4 is 5.73 Å². The first-order valence-electron chi connectivity index (χ1n) is 7.90. The van der Waals surface area contributed by atoms with Crippen LogP contribution in [0, 0.1) is 0 Å². The summed E-state index contributed by atoms with van der Waals surface area (Å²) in [7, 11) is 0. The lowest BCUT2D eigenvalue weighted by Crippen LogP contribution is -2.23. The van der Waals surface area contributed by atoms with E-state index in [-0.39, 0.29) is 6.04 Å². The van der Waals surface area contributed by atoms with Gasteiger partial charge in [0.25, 0.3) is 0 Å². The zero-order chi connectivity index (χ0) is 14.2. The van der Waals surface area contributed by atoms with E-state index in [1.165, 1.54) is 40.8 Å². The molecule has 2 aromatic carbocycles. The van der Waals surface area contributed by atoms with Crippen molar-refractivity contribution in [2.24, 2.45) is 5.73 Å². The molecule has 0 saturated heterocycles. The number of rotatable bonds is 3. The maximum Gasteiger partial charge on any atom is 0.0375 e. The molecule has 0 spiro atoms. The van der Waals surface area contributed by atoms with Crippen molar-refractivity contribution in [3.8, 4) is 0 Å². The topological polar surface area (TPSA) is 26.0 Å². The number of hydrogen-bond acceptors (Lipinski definition) is 2. The average Bonchev–Trinajstić information content (AvgIpc) is 2.89. The van der Waals surface area contributed by atoms with Gasteiger partial charge in [-0.25, -0.2) is 0 Å². The van der Waals surface area contributed by atoms with Gasteiger partial charge in [0.2, 0.25) is 0 Å². The third kappa shape index (κ3) is 2.31. The first kappa shape index (κ1) is 13.4. The van der Waals surface area contributed by atoms with Crippen LogP contribution in [-0.4, -0.2) is 5.75 Å². The number of fused-ring (bicyclic) bond motifs is 1. The Hall–Kier alpha value is -1.25. The van der Waals surface area contributed by atoms with Crippen molar-refractivity contribution in [1.29, 1.82) is 0 Å². The lowest BCUT2D eigenvalue weighted by atomic mass is 9.75. The molecule has 2 unspecified atom stereocenters. The molecule has 0 bridgehead atoms. The Kier molecular flexibility index (Phi) is 3.52. The van der Waals surface area contributed by atoms with Crippen LogP contribution in [0.2, 0.25) is 0 Å². The van der Waals surface area contributed by atoms with Crippen LogP contribution in [0.5, 0.6) is 0 Å². The van der Waals surface area contributed by atoms with Gasteiger partial charge in [-0.15, -0.1) is 11.8 Å². The first-order valence-corrected chi connectivity index (χ1v) is 8.89. The highest BCUT2D eigenvalue weighted by Crippen LogP contribution is 2.47. The fourth-order valence-corrected chi connectivity index (χ4v) is 4.91. The van der Waals surface area contributed by atoms with Gasteiger partial charge in [-0.05, 0) is 41.5 Å². The maximum absolute atomic E-state index is 6.72. The summed E-state index contributed by atoms with van der Waals surface area (Å²) in [6, 6.07) is 17.7. The molecule has 21 heavy (non-hydrogen) atoms. The lowest BCUT2D eigenvalue weighted by Gasteiger charge is -2.31. The smallest absolute Gasteiger partial charge is 0.0375 e. The van der Waals surface area contributed by atoms with Crippen molar-refractivity contribution in [3.05, 3.63) is 65.2 Å². The van der Waals surface area contributed by atoms with Crippen LogP contribution in [0.15, 0.2) is 53.4 Å². The normalized spacial score (nSPS) is 22.6. The van der Waals surface area contributed by atoms with E-state index in [1.807, 2.05) is 11.8 Å². The predicted octanol–water partition coefficient (Wildman–Crippen LogP) is 4.84. The third-order valence-corrected chi connectivity index (χ3v) is 6.28. The molecule has 1 aliphatic carbocycles. The van der Waals surface area contributed by atoms with Crippen molar-refractivity contribution < 1.29 is 0 Å². The quantitative estimate of drug-likeness (QED) is 0.876. The molecule has 0 radical (unpaired) electrons. The molecule has 1 nitrogen and oxygen atoms in total. The van der Waals surface area contributed by atoms with Gasteiger partial charge in [0.1, 0.15) is 0 Å². The molecular formula is C19H21NS. The molecule has 4 rings (SSSR count). The Bertz CT molecular complexity index is 648. The molecule has 1 saturated carbocycles. The first-order chi connectivity index (χ1) is 10.3. The third-order valence-electron chi connectivity index (χ3n) is 5.07. The highest BCUT2D eigenvalue weighted by Gasteiger charge is 2.31. The molecule has 1 aliphatic heterocycles. The van der Waals surface area contributed by atoms with Crippen LogP contribution in [0.4, 0.5) is 0 Å². The molecule has 2 N–H and O–H groups in total. The Labute approximate surface area is 130 Å². The van der Waals surface area contributed by atoms with E-state index in [1.54, 1.807) is 0 Å². The molecule has 0 aromatic heterocycles. The van der Waals surface area contributed by atoms with Crippen molar-refractivity contribution in [2.45, 2.75) is 42.0 Å². The Morgan fingerprint density at radius 1 is 0.952 bits per heavy atom. The number of benzene rings is 2. The number of nitrogens with two attached hydrogens (primary N) is 1. The molecule has 108 valence electrons. The van der Waals surface area contributed by atoms with Gasteiger partial charge in [-0.3, -0.25) is 0 Å². The van der Waals surface area contributed by atoms with E-state index in [0.717, 1.165) is 11.7 Å². The van der Waals surface area contributed by atoms with Gasteiger partial charge < -0.3 is 5.73 Å². The van der Waals surface area contributed by atoms with E-state index >= 15 is 0 Å². The minimum absolute atomic E-state index is 0.123. The summed E-state index contributed by atoms with van der Waals surface area (Å²) >= 11 is 1.95. The molecule has 1 fully saturated rings. The van der Waals surface area contributed by atoms with Crippen molar-refractivity contribution >= 4 is 11.8 Å². The summed E-state index contributed by atoms with van der Waals surface area (Å²) in [5.74, 6) is 2.31. The van der Waals surface area contributed by atoms with Gasteiger partial charge in [0.15, 0.2) is 0 Å². The van der Waals surface area contributed by atoms with Crippen LogP contribution in [0.1, 0.15) is 53.8 Å². The molecular weight excluding hydrogens is 274 g/mol. The highest BCUT2D eigenvalue weighted by molar-refractivity contribution is 7.99. The minimum atomic E-state index is 0.123. The Morgan fingerprint density at radius 3 is 2.43 bits per heavy atom. The zero-order valence-electron chi connectivity index (χ0n) is 12.2. The largest absolute Gasteiger partial charge is 0.323 e. The monoisotopic (exact) mass is 295 g/mol. The van der Waals surface area contributed by atoms with Crippen LogP contribution in [-0.2, 0) is 0 Å². The standard InChI is InChI=1S/C19H21NS/c20-19(17-12-21-18-11-4-3-9-15(17)18)16-10-2-1-8-14(16)13-6-5-7-13/h1-4,8-11,13,17,19H,5-7,12,20H2. The Balaban J connectivity index is 1.68. The van der Waals surface area contributed by atoms with Crippen LogP contribution in [0.25, 0.3) is 0 Å². The van der Waals surface area contributed by atoms with Gasteiger partial charge in [-0.2, -0.15) is 0 Å². The second kappa shape index (κ2) is 5.51. The van der Waals surface area contributed by atoms with Crippen LogP contribution in [0.3, 0.4) is 0 Å². The molecule has 2 aromatic rings. The number of hydrogen-bond donors (Lipinski definition) is 1. The molecule has 2 aliphatic rings. The summed E-state index contributed by atoms with van der Waals surface area (Å²) in [6.07, 6.45) is 4.04. The van der Waals surface area contributed by atoms with Gasteiger partial charge in [0.05, 0.1) is 0 Å². The van der Waals surface area contributed by atoms with E-state index in [0.29, 0.717) is 5.92 Å². The fourth-order valence-electron chi connectivity index (χ4n) is 3.61. The lowest BCUT2D eigenvalue weighted by molar-refractivity contribution is 0.413. The summed E-state index contributed by atoms with van der Waals surface area (Å²) in [6.45, 7) is 0. The van der Waals surface area contributed by atoms with Gasteiger partial charge in [0, 0.05) is 22.6 Å². The summed E-state index contributed by atoms with van der Waals surface area (Å²) in [5, 5.41) is 0. The maximum atomic E-state index is 6.72. The van der Waals surface area contributed by atoms with Gasteiger partial charge >= 0.3 is 0 Å². The SMILES string of the molecule is NC(c1ccccc1C1CCC1)C1CSc2ccccc21. The molecule has 2 heteroatoms. The Morgan fingerprint density at radius 2 is 1.67 bits per heavy atom. The molecule has 1 heterocycles. The predicted molar refractivity (Wildman–Crippen MR) is 89.9 cm³/mol. The minimum Gasteiger partial charge on any atom is -0.323 e. The van der Waals surface area contributed by atoms with Crippen molar-refractivity contribution in [2.75, 3.05) is 5.75 Å². The van der Waals surface area contributed by atoms with Gasteiger partial charge in [-0.1, -0.05) is 48.9 Å². The summed E-state index contributed by atoms with van der Waals surface area (Å²) < 4.78 is 0. The van der Waals surface area contributed by atoms with E-state index in [2.05, 4.69) is 48.5 Å². The summed E-state index contributed by atoms with van der Waals surface area (Å²) in [4.78, 5) is 1.42. The molecule has 2 atom stereocenters. The zero-order valence-corrected chi connectivity index (χ0v) is 13.0. The number of thioether (sulfide) groups is 1. The fraction of sp³-hybridized carbons (Fsp3) is 0.368. The molecule has 0 amide bonds. The van der Waals surface area contributed by atoms with Crippen molar-refractivity contribution in [1.82, 2.24) is 0 Å². The van der Waals surface area contributed by atoms with Crippen molar-refractivity contribution in [3.63, 3.8) is 0 Å². The summed E-state index contributed by atoms with van der Waals surface area (Å²) in [5.41, 5.74) is 11.0. The van der Waals surface area contributed by atoms with E-state index in [9.17, 15) is 0 Å². The van der Waals surface area contributed by atoms with E-state index in [4.69, 9.17) is 5.73 Å².